The lowest BCUT2D eigenvalue weighted by atomic mass is 10.2. The summed E-state index contributed by atoms with van der Waals surface area (Å²) in [6.45, 7) is 5.50. The van der Waals surface area contributed by atoms with E-state index in [-0.39, 0.29) is 25.1 Å². The Bertz CT molecular complexity index is 569. The summed E-state index contributed by atoms with van der Waals surface area (Å²) in [4.78, 5) is 12.2. The van der Waals surface area contributed by atoms with Crippen LogP contribution < -0.4 is 4.74 Å². The van der Waals surface area contributed by atoms with Gasteiger partial charge in [0.05, 0.1) is 26.9 Å². The molecule has 0 amide bonds. The summed E-state index contributed by atoms with van der Waals surface area (Å²) in [6.07, 6.45) is 1.46. The van der Waals surface area contributed by atoms with Gasteiger partial charge in [0.15, 0.2) is 0 Å². The number of ether oxygens (including phenoxy) is 2. The molecule has 0 fully saturated rings. The summed E-state index contributed by atoms with van der Waals surface area (Å²) in [5.41, 5.74) is 0.661. The first-order valence-electron chi connectivity index (χ1n) is 7.43. The molecule has 0 aromatic heterocycles. The standard InChI is InChI=1S/C16H23O6P/c1-5-20-16(17)15(23(18,21-6-2)22-7-3)12-13-8-10-14(19-4)11-9-13/h8-12H,5-7H2,1-4H3/b15-12+. The molecule has 0 unspecified atom stereocenters. The largest absolute Gasteiger partial charge is 0.497 e. The number of rotatable bonds is 9. The second-order valence-corrected chi connectivity index (χ2v) is 6.35. The maximum Gasteiger partial charge on any atom is 0.368 e. The monoisotopic (exact) mass is 342 g/mol. The van der Waals surface area contributed by atoms with E-state index in [0.29, 0.717) is 11.3 Å². The van der Waals surface area contributed by atoms with E-state index in [1.165, 1.54) is 6.08 Å². The quantitative estimate of drug-likeness (QED) is 0.385. The SMILES string of the molecule is CCOC(=O)/C(=C\c1ccc(OC)cc1)P(=O)(OCC)OCC. The van der Waals surface area contributed by atoms with Gasteiger partial charge >= 0.3 is 13.6 Å². The Labute approximate surface area is 136 Å². The fraction of sp³-hybridized carbons (Fsp3) is 0.438. The lowest BCUT2D eigenvalue weighted by Gasteiger charge is -2.19. The van der Waals surface area contributed by atoms with Crippen LogP contribution in [0.25, 0.3) is 6.08 Å². The van der Waals surface area contributed by atoms with Crippen molar-refractivity contribution in [1.82, 2.24) is 0 Å². The minimum Gasteiger partial charge on any atom is -0.497 e. The van der Waals surface area contributed by atoms with E-state index in [2.05, 4.69) is 0 Å². The number of benzene rings is 1. The predicted octanol–water partition coefficient (Wildman–Crippen LogP) is 3.87. The van der Waals surface area contributed by atoms with Crippen molar-refractivity contribution < 1.29 is 27.9 Å². The summed E-state index contributed by atoms with van der Waals surface area (Å²) in [5.74, 6) is -0.0359. The van der Waals surface area contributed by atoms with Crippen molar-refractivity contribution in [2.24, 2.45) is 0 Å². The Morgan fingerprint density at radius 3 is 2.04 bits per heavy atom. The zero-order valence-corrected chi connectivity index (χ0v) is 14.8. The van der Waals surface area contributed by atoms with E-state index in [9.17, 15) is 9.36 Å². The number of methoxy groups -OCH3 is 1. The lowest BCUT2D eigenvalue weighted by molar-refractivity contribution is -0.137. The van der Waals surface area contributed by atoms with Crippen LogP contribution in [0.15, 0.2) is 29.6 Å². The first-order chi connectivity index (χ1) is 11.0. The number of hydrogen-bond donors (Lipinski definition) is 0. The van der Waals surface area contributed by atoms with Gasteiger partial charge in [-0.3, -0.25) is 4.57 Å². The van der Waals surface area contributed by atoms with Gasteiger partial charge in [-0.1, -0.05) is 12.1 Å². The van der Waals surface area contributed by atoms with Crippen molar-refractivity contribution in [3.8, 4) is 5.75 Å². The van der Waals surface area contributed by atoms with Gasteiger partial charge in [0, 0.05) is 0 Å². The van der Waals surface area contributed by atoms with Crippen molar-refractivity contribution in [3.05, 3.63) is 35.1 Å². The van der Waals surface area contributed by atoms with E-state index < -0.39 is 13.6 Å². The second kappa shape index (κ2) is 9.50. The van der Waals surface area contributed by atoms with Gasteiger partial charge in [-0.25, -0.2) is 4.79 Å². The first kappa shape index (κ1) is 19.4. The molecule has 0 heterocycles. The maximum atomic E-state index is 12.9. The highest BCUT2D eigenvalue weighted by molar-refractivity contribution is 7.60. The summed E-state index contributed by atoms with van der Waals surface area (Å²) < 4.78 is 33.5. The van der Waals surface area contributed by atoms with Gasteiger partial charge in [0.25, 0.3) is 0 Å². The molecular weight excluding hydrogens is 319 g/mol. The topological polar surface area (TPSA) is 71.1 Å². The summed E-state index contributed by atoms with van der Waals surface area (Å²) in [5, 5.41) is -0.117. The summed E-state index contributed by atoms with van der Waals surface area (Å²) in [7, 11) is -2.18. The Morgan fingerprint density at radius 1 is 1.04 bits per heavy atom. The van der Waals surface area contributed by atoms with Crippen LogP contribution in [0.4, 0.5) is 0 Å². The molecule has 23 heavy (non-hydrogen) atoms. The van der Waals surface area contributed by atoms with Crippen molar-refractivity contribution >= 4 is 19.6 Å². The van der Waals surface area contributed by atoms with Crippen LogP contribution in [0.5, 0.6) is 5.75 Å². The van der Waals surface area contributed by atoms with E-state index in [0.717, 1.165) is 0 Å². The highest BCUT2D eigenvalue weighted by Gasteiger charge is 2.36. The van der Waals surface area contributed by atoms with Crippen molar-refractivity contribution in [2.75, 3.05) is 26.9 Å². The van der Waals surface area contributed by atoms with Crippen molar-refractivity contribution in [2.45, 2.75) is 20.8 Å². The third-order valence-corrected chi connectivity index (χ3v) is 4.89. The average Bonchev–Trinajstić information content (AvgIpc) is 2.53. The number of carbonyl (C=O) groups excluding carboxylic acids is 1. The highest BCUT2D eigenvalue weighted by Crippen LogP contribution is 2.57. The zero-order chi connectivity index (χ0) is 17.3. The Balaban J connectivity index is 3.29. The van der Waals surface area contributed by atoms with Gasteiger partial charge in [-0.2, -0.15) is 0 Å². The van der Waals surface area contributed by atoms with Crippen molar-refractivity contribution in [3.63, 3.8) is 0 Å². The molecule has 1 rings (SSSR count). The molecule has 0 radical (unpaired) electrons. The molecule has 0 aliphatic heterocycles. The fourth-order valence-corrected chi connectivity index (χ4v) is 3.46. The molecule has 0 aliphatic carbocycles. The van der Waals surface area contributed by atoms with Crippen molar-refractivity contribution in [1.29, 1.82) is 0 Å². The minimum absolute atomic E-state index is 0.117. The van der Waals surface area contributed by atoms with Crippen LogP contribution in [0.3, 0.4) is 0 Å². The number of esters is 1. The van der Waals surface area contributed by atoms with E-state index in [4.69, 9.17) is 18.5 Å². The molecule has 6 nitrogen and oxygen atoms in total. The van der Waals surface area contributed by atoms with Crippen LogP contribution >= 0.6 is 7.60 Å². The van der Waals surface area contributed by atoms with Crippen LogP contribution in [-0.2, 0) is 23.1 Å². The molecule has 1 aromatic carbocycles. The van der Waals surface area contributed by atoms with Crippen LogP contribution in [0, 0.1) is 0 Å². The van der Waals surface area contributed by atoms with Gasteiger partial charge in [-0.15, -0.1) is 0 Å². The fourth-order valence-electron chi connectivity index (χ4n) is 1.83. The van der Waals surface area contributed by atoms with Crippen LogP contribution in [-0.4, -0.2) is 32.9 Å². The van der Waals surface area contributed by atoms with E-state index >= 15 is 0 Å². The number of carbonyl (C=O) groups is 1. The normalized spacial score (nSPS) is 12.1. The van der Waals surface area contributed by atoms with Gasteiger partial charge in [-0.05, 0) is 44.5 Å². The summed E-state index contributed by atoms with van der Waals surface area (Å²) >= 11 is 0. The van der Waals surface area contributed by atoms with Crippen LogP contribution in [0.1, 0.15) is 26.3 Å². The smallest absolute Gasteiger partial charge is 0.368 e. The van der Waals surface area contributed by atoms with Gasteiger partial charge in [0.2, 0.25) is 0 Å². The molecule has 128 valence electrons. The number of hydrogen-bond acceptors (Lipinski definition) is 6. The maximum absolute atomic E-state index is 12.9. The molecule has 0 atom stereocenters. The zero-order valence-electron chi connectivity index (χ0n) is 13.9. The predicted molar refractivity (Wildman–Crippen MR) is 88.5 cm³/mol. The second-order valence-electron chi connectivity index (χ2n) is 4.36. The molecule has 1 aromatic rings. The Kier molecular flexibility index (Phi) is 8.03. The third-order valence-electron chi connectivity index (χ3n) is 2.80. The Hall–Kier alpha value is -1.62. The van der Waals surface area contributed by atoms with Gasteiger partial charge < -0.3 is 18.5 Å². The van der Waals surface area contributed by atoms with Gasteiger partial charge in [0.1, 0.15) is 11.1 Å². The molecule has 0 bridgehead atoms. The molecule has 7 heteroatoms. The lowest BCUT2D eigenvalue weighted by Crippen LogP contribution is -2.11. The highest BCUT2D eigenvalue weighted by atomic mass is 31.2. The van der Waals surface area contributed by atoms with E-state index in [1.807, 2.05) is 0 Å². The molecule has 0 saturated heterocycles. The molecule has 0 N–H and O–H groups in total. The average molecular weight is 342 g/mol. The minimum atomic E-state index is -3.74. The van der Waals surface area contributed by atoms with Crippen LogP contribution in [0.2, 0.25) is 0 Å². The third kappa shape index (κ3) is 5.50. The molecule has 0 aliphatic rings. The van der Waals surface area contributed by atoms with E-state index in [1.54, 1.807) is 52.1 Å². The first-order valence-corrected chi connectivity index (χ1v) is 8.97. The molecule has 0 spiro atoms. The Morgan fingerprint density at radius 2 is 1.61 bits per heavy atom. The molecular formula is C16H23O6P. The summed E-state index contributed by atoms with van der Waals surface area (Å²) in [6, 6.07) is 6.95. The molecule has 0 saturated carbocycles.